The number of hydrogen-bond donors (Lipinski definition) is 2. The molecule has 1 heterocycles. The van der Waals surface area contributed by atoms with Crippen molar-refractivity contribution in [3.05, 3.63) is 29.6 Å². The topological polar surface area (TPSA) is 76.7 Å². The lowest BCUT2D eigenvalue weighted by Gasteiger charge is -2.27. The second-order valence-electron chi connectivity index (χ2n) is 7.47. The summed E-state index contributed by atoms with van der Waals surface area (Å²) < 4.78 is 19.3. The highest BCUT2D eigenvalue weighted by atomic mass is 32.2. The van der Waals surface area contributed by atoms with Crippen LogP contribution in [0.2, 0.25) is 0 Å². The lowest BCUT2D eigenvalue weighted by molar-refractivity contribution is 0.0562. The minimum atomic E-state index is -0.588. The number of nitrogens with zero attached hydrogens (tertiary/aromatic N) is 1. The quantitative estimate of drug-likeness (QED) is 0.693. The molecule has 1 aliphatic heterocycles. The summed E-state index contributed by atoms with van der Waals surface area (Å²) in [6, 6.07) is 4.06. The first-order valence-corrected chi connectivity index (χ1v) is 9.95. The van der Waals surface area contributed by atoms with E-state index in [1.54, 1.807) is 38.6 Å². The number of alkyl carbamates (subject to hydrolysis) is 1. The molecule has 26 heavy (non-hydrogen) atoms. The average molecular weight is 382 g/mol. The SMILES string of the molecule is C1CC1.CC1SCC(c2cc(N)ccc2F)N=C1NC(=O)OC(C)(C)C. The fourth-order valence-corrected chi connectivity index (χ4v) is 3.15. The number of anilines is 1. The average Bonchev–Trinajstić information content (AvgIpc) is 3.39. The van der Waals surface area contributed by atoms with Crippen molar-refractivity contribution in [1.29, 1.82) is 0 Å². The normalized spacial score (nSPS) is 21.8. The zero-order chi connectivity index (χ0) is 19.3. The molecule has 5 nitrogen and oxygen atoms in total. The molecule has 1 aliphatic carbocycles. The van der Waals surface area contributed by atoms with Crippen LogP contribution in [0.15, 0.2) is 23.2 Å². The summed E-state index contributed by atoms with van der Waals surface area (Å²) in [5, 5.41) is 2.68. The maximum absolute atomic E-state index is 14.0. The van der Waals surface area contributed by atoms with Gasteiger partial charge in [0.25, 0.3) is 0 Å². The number of halogens is 1. The highest BCUT2D eigenvalue weighted by Gasteiger charge is 2.27. The molecule has 7 heteroatoms. The molecule has 1 aromatic rings. The molecular weight excluding hydrogens is 353 g/mol. The predicted molar refractivity (Wildman–Crippen MR) is 106 cm³/mol. The fraction of sp³-hybridized carbons (Fsp3) is 0.579. The molecule has 0 radical (unpaired) electrons. The Kier molecular flexibility index (Phi) is 6.92. The summed E-state index contributed by atoms with van der Waals surface area (Å²) in [4.78, 5) is 16.4. The fourth-order valence-electron chi connectivity index (χ4n) is 2.14. The number of thioether (sulfide) groups is 1. The van der Waals surface area contributed by atoms with Gasteiger partial charge in [-0.25, -0.2) is 9.18 Å². The number of amidine groups is 1. The molecule has 2 unspecified atom stereocenters. The van der Waals surface area contributed by atoms with Crippen LogP contribution < -0.4 is 11.1 Å². The third-order valence-electron chi connectivity index (χ3n) is 3.55. The van der Waals surface area contributed by atoms with Gasteiger partial charge in [0.2, 0.25) is 0 Å². The van der Waals surface area contributed by atoms with Crippen LogP contribution in [0, 0.1) is 5.82 Å². The molecule has 0 saturated heterocycles. The number of hydrogen-bond acceptors (Lipinski definition) is 5. The zero-order valence-electron chi connectivity index (χ0n) is 15.8. The van der Waals surface area contributed by atoms with Gasteiger partial charge < -0.3 is 10.5 Å². The first kappa shape index (κ1) is 20.6. The van der Waals surface area contributed by atoms with Crippen molar-refractivity contribution in [2.45, 2.75) is 63.9 Å². The Bertz CT molecular complexity index is 668. The van der Waals surface area contributed by atoms with Gasteiger partial charge in [-0.2, -0.15) is 0 Å². The number of benzene rings is 1. The molecule has 1 saturated carbocycles. The summed E-state index contributed by atoms with van der Waals surface area (Å²) in [6.07, 6.45) is 3.94. The van der Waals surface area contributed by atoms with E-state index in [0.29, 0.717) is 22.8 Å². The van der Waals surface area contributed by atoms with Gasteiger partial charge in [-0.15, -0.1) is 11.8 Å². The molecule has 3 N–H and O–H groups in total. The largest absolute Gasteiger partial charge is 0.444 e. The van der Waals surface area contributed by atoms with E-state index in [-0.39, 0.29) is 17.1 Å². The Morgan fingerprint density at radius 1 is 1.35 bits per heavy atom. The number of amides is 1. The summed E-state index contributed by atoms with van der Waals surface area (Å²) in [7, 11) is 0. The summed E-state index contributed by atoms with van der Waals surface area (Å²) >= 11 is 1.60. The summed E-state index contributed by atoms with van der Waals surface area (Å²) in [5.41, 5.74) is 6.07. The molecule has 0 aromatic heterocycles. The van der Waals surface area contributed by atoms with Gasteiger partial charge in [-0.05, 0) is 45.9 Å². The van der Waals surface area contributed by atoms with Crippen molar-refractivity contribution in [3.8, 4) is 0 Å². The molecule has 1 amide bonds. The van der Waals surface area contributed by atoms with Crippen molar-refractivity contribution in [3.63, 3.8) is 0 Å². The second-order valence-corrected chi connectivity index (χ2v) is 8.85. The Balaban J connectivity index is 0.000000732. The van der Waals surface area contributed by atoms with Crippen LogP contribution in [0.5, 0.6) is 0 Å². The Morgan fingerprint density at radius 3 is 2.58 bits per heavy atom. The number of carbonyl (C=O) groups is 1. The number of nitrogen functional groups attached to an aromatic ring is 1. The van der Waals surface area contributed by atoms with Crippen LogP contribution in [-0.4, -0.2) is 28.5 Å². The summed E-state index contributed by atoms with van der Waals surface area (Å²) in [6.45, 7) is 7.31. The van der Waals surface area contributed by atoms with Gasteiger partial charge in [0.05, 0.1) is 11.3 Å². The Labute approximate surface area is 159 Å². The Hall–Kier alpha value is -1.76. The number of nitrogens with one attached hydrogen (secondary N) is 1. The molecule has 0 spiro atoms. The molecular formula is C19H28FN3O2S. The van der Waals surface area contributed by atoms with Gasteiger partial charge in [0, 0.05) is 17.0 Å². The van der Waals surface area contributed by atoms with Crippen molar-refractivity contribution in [2.24, 2.45) is 4.99 Å². The number of carbonyl (C=O) groups excluding carboxylic acids is 1. The van der Waals surface area contributed by atoms with E-state index in [9.17, 15) is 9.18 Å². The minimum absolute atomic E-state index is 0.00267. The lowest BCUT2D eigenvalue weighted by Crippen LogP contribution is -2.42. The van der Waals surface area contributed by atoms with E-state index in [0.717, 1.165) is 0 Å². The van der Waals surface area contributed by atoms with Gasteiger partial charge in [0.15, 0.2) is 0 Å². The van der Waals surface area contributed by atoms with Crippen LogP contribution >= 0.6 is 11.8 Å². The first-order valence-electron chi connectivity index (χ1n) is 8.90. The predicted octanol–water partition coefficient (Wildman–Crippen LogP) is 4.68. The third-order valence-corrected chi connectivity index (χ3v) is 4.78. The molecule has 3 rings (SSSR count). The zero-order valence-corrected chi connectivity index (χ0v) is 16.7. The molecule has 0 bridgehead atoms. The van der Waals surface area contributed by atoms with E-state index >= 15 is 0 Å². The smallest absolute Gasteiger partial charge is 0.413 e. The monoisotopic (exact) mass is 381 g/mol. The maximum Gasteiger partial charge on any atom is 0.413 e. The Morgan fingerprint density at radius 2 is 2.00 bits per heavy atom. The third kappa shape index (κ3) is 6.86. The number of aliphatic imine (C=N–C) groups is 1. The van der Waals surface area contributed by atoms with Gasteiger partial charge in [-0.3, -0.25) is 10.3 Å². The molecule has 1 aromatic carbocycles. The van der Waals surface area contributed by atoms with Crippen LogP contribution in [0.4, 0.5) is 14.9 Å². The molecule has 2 atom stereocenters. The van der Waals surface area contributed by atoms with E-state index in [4.69, 9.17) is 10.5 Å². The van der Waals surface area contributed by atoms with Gasteiger partial charge >= 0.3 is 6.09 Å². The van der Waals surface area contributed by atoms with E-state index in [2.05, 4.69) is 10.3 Å². The van der Waals surface area contributed by atoms with Crippen molar-refractivity contribution in [1.82, 2.24) is 5.32 Å². The van der Waals surface area contributed by atoms with Crippen LogP contribution in [0.1, 0.15) is 58.6 Å². The van der Waals surface area contributed by atoms with E-state index in [1.165, 1.54) is 31.4 Å². The molecule has 144 valence electrons. The molecule has 1 fully saturated rings. The van der Waals surface area contributed by atoms with E-state index < -0.39 is 11.7 Å². The highest BCUT2D eigenvalue weighted by Crippen LogP contribution is 2.32. The first-order chi connectivity index (χ1) is 12.2. The standard InChI is InChI=1S/C16H22FN3O2S.C3H6/c1-9-14(20-15(21)22-16(2,3)4)19-13(8-23-9)11-7-10(18)5-6-12(11)17;1-2-3-1/h5-7,9,13H,8,18H2,1-4H3,(H,19,20,21);1-3H2. The highest BCUT2D eigenvalue weighted by molar-refractivity contribution is 8.00. The molecule has 2 aliphatic rings. The van der Waals surface area contributed by atoms with Crippen LogP contribution in [0.25, 0.3) is 0 Å². The lowest BCUT2D eigenvalue weighted by atomic mass is 10.1. The van der Waals surface area contributed by atoms with Crippen LogP contribution in [-0.2, 0) is 4.74 Å². The van der Waals surface area contributed by atoms with Gasteiger partial charge in [0.1, 0.15) is 17.3 Å². The number of rotatable bonds is 1. The number of ether oxygens (including phenoxy) is 1. The van der Waals surface area contributed by atoms with Crippen molar-refractivity contribution < 1.29 is 13.9 Å². The van der Waals surface area contributed by atoms with Crippen LogP contribution in [0.3, 0.4) is 0 Å². The maximum atomic E-state index is 14.0. The minimum Gasteiger partial charge on any atom is -0.444 e. The van der Waals surface area contributed by atoms with Crippen molar-refractivity contribution >= 4 is 29.4 Å². The van der Waals surface area contributed by atoms with E-state index in [1.807, 2.05) is 6.92 Å². The number of nitrogens with two attached hydrogens (primary N) is 1. The van der Waals surface area contributed by atoms with Crippen molar-refractivity contribution in [2.75, 3.05) is 11.5 Å². The van der Waals surface area contributed by atoms with Gasteiger partial charge in [-0.1, -0.05) is 19.3 Å². The summed E-state index contributed by atoms with van der Waals surface area (Å²) in [5.74, 6) is 0.767. The second kappa shape index (κ2) is 8.75.